The van der Waals surface area contributed by atoms with Crippen molar-refractivity contribution in [3.63, 3.8) is 0 Å². The Labute approximate surface area is 84.4 Å². The van der Waals surface area contributed by atoms with Crippen LogP contribution in [0.1, 0.15) is 18.4 Å². The molecule has 1 heterocycles. The summed E-state index contributed by atoms with van der Waals surface area (Å²) >= 11 is 5.29. The van der Waals surface area contributed by atoms with Crippen LogP contribution in [0.2, 0.25) is 0 Å². The van der Waals surface area contributed by atoms with Crippen molar-refractivity contribution in [1.29, 1.82) is 0 Å². The van der Waals surface area contributed by atoms with Crippen molar-refractivity contribution >= 4 is 22.9 Å². The Hall–Kier alpha value is -0.890. The van der Waals surface area contributed by atoms with Crippen LogP contribution in [0.5, 0.6) is 0 Å². The number of hydrogen-bond donors (Lipinski definition) is 0. The normalized spacial score (nSPS) is 16.7. The Morgan fingerprint density at radius 2 is 2.23 bits per heavy atom. The number of rotatable bonds is 1. The molecule has 1 aromatic carbocycles. The zero-order chi connectivity index (χ0) is 9.26. The highest BCUT2D eigenvalue weighted by atomic mass is 32.1. The van der Waals surface area contributed by atoms with E-state index < -0.39 is 0 Å². The van der Waals surface area contributed by atoms with E-state index in [0.29, 0.717) is 0 Å². The molecule has 0 aliphatic carbocycles. The van der Waals surface area contributed by atoms with E-state index in [4.69, 9.17) is 12.2 Å². The summed E-state index contributed by atoms with van der Waals surface area (Å²) in [5.41, 5.74) is 2.55. The second-order valence-electron chi connectivity index (χ2n) is 3.49. The molecule has 1 saturated heterocycles. The molecule has 0 amide bonds. The summed E-state index contributed by atoms with van der Waals surface area (Å²) in [7, 11) is 0. The van der Waals surface area contributed by atoms with Crippen molar-refractivity contribution in [1.82, 2.24) is 0 Å². The third-order valence-electron chi connectivity index (χ3n) is 2.39. The van der Waals surface area contributed by atoms with Crippen molar-refractivity contribution in [2.24, 2.45) is 0 Å². The molecule has 0 unspecified atom stereocenters. The van der Waals surface area contributed by atoms with Gasteiger partial charge in [0, 0.05) is 12.2 Å². The fourth-order valence-corrected chi connectivity index (χ4v) is 2.06. The Bertz CT molecular complexity index is 333. The van der Waals surface area contributed by atoms with Gasteiger partial charge in [0.1, 0.15) is 0 Å². The standard InChI is InChI=1S/C11H13NS/c1-9-4-2-5-10(8-9)12-7-3-6-11(12)13/h2,4-5,8H,3,6-7H2,1H3. The van der Waals surface area contributed by atoms with Gasteiger partial charge in [0.2, 0.25) is 0 Å². The van der Waals surface area contributed by atoms with E-state index >= 15 is 0 Å². The summed E-state index contributed by atoms with van der Waals surface area (Å²) < 4.78 is 0. The highest BCUT2D eigenvalue weighted by Crippen LogP contribution is 2.22. The minimum absolute atomic E-state index is 1.07. The lowest BCUT2D eigenvalue weighted by atomic mass is 10.2. The second kappa shape index (κ2) is 3.46. The first kappa shape index (κ1) is 8.70. The Balaban J connectivity index is 2.29. The number of nitrogens with zero attached hydrogens (tertiary/aromatic N) is 1. The summed E-state index contributed by atoms with van der Waals surface area (Å²) in [5.74, 6) is 0. The third-order valence-corrected chi connectivity index (χ3v) is 2.81. The van der Waals surface area contributed by atoms with Crippen LogP contribution in [0.15, 0.2) is 24.3 Å². The van der Waals surface area contributed by atoms with Crippen molar-refractivity contribution < 1.29 is 0 Å². The fourth-order valence-electron chi connectivity index (χ4n) is 1.72. The second-order valence-corrected chi connectivity index (χ2v) is 3.96. The van der Waals surface area contributed by atoms with Gasteiger partial charge in [-0.1, -0.05) is 24.4 Å². The molecule has 0 saturated carbocycles. The van der Waals surface area contributed by atoms with Gasteiger partial charge in [-0.3, -0.25) is 0 Å². The smallest absolute Gasteiger partial charge is 0.0824 e. The van der Waals surface area contributed by atoms with Gasteiger partial charge in [0.15, 0.2) is 0 Å². The maximum atomic E-state index is 5.29. The van der Waals surface area contributed by atoms with Crippen molar-refractivity contribution in [2.45, 2.75) is 19.8 Å². The molecule has 68 valence electrons. The van der Waals surface area contributed by atoms with Crippen LogP contribution in [-0.4, -0.2) is 11.5 Å². The summed E-state index contributed by atoms with van der Waals surface area (Å²) in [6.45, 7) is 3.20. The molecule has 2 rings (SSSR count). The Morgan fingerprint density at radius 1 is 1.38 bits per heavy atom. The number of thiocarbonyl (C=S) groups is 1. The Morgan fingerprint density at radius 3 is 2.85 bits per heavy atom. The minimum atomic E-state index is 1.07. The van der Waals surface area contributed by atoms with Crippen molar-refractivity contribution in [3.8, 4) is 0 Å². The number of benzene rings is 1. The SMILES string of the molecule is Cc1cccc(N2CCCC2=S)c1. The largest absolute Gasteiger partial charge is 0.336 e. The van der Waals surface area contributed by atoms with Gasteiger partial charge in [-0.2, -0.15) is 0 Å². The zero-order valence-corrected chi connectivity index (χ0v) is 8.60. The van der Waals surface area contributed by atoms with E-state index in [-0.39, 0.29) is 0 Å². The van der Waals surface area contributed by atoms with Gasteiger partial charge in [-0.15, -0.1) is 0 Å². The number of hydrogen-bond acceptors (Lipinski definition) is 1. The molecule has 13 heavy (non-hydrogen) atoms. The first-order valence-corrected chi connectivity index (χ1v) is 5.05. The van der Waals surface area contributed by atoms with Gasteiger partial charge in [-0.05, 0) is 37.5 Å². The molecular formula is C11H13NS. The lowest BCUT2D eigenvalue weighted by Gasteiger charge is -2.18. The maximum absolute atomic E-state index is 5.29. The third kappa shape index (κ3) is 1.73. The Kier molecular flexibility index (Phi) is 2.32. The van der Waals surface area contributed by atoms with Crippen LogP contribution >= 0.6 is 12.2 Å². The molecule has 0 aromatic heterocycles. The molecule has 2 heteroatoms. The van der Waals surface area contributed by atoms with Crippen LogP contribution in [-0.2, 0) is 0 Å². The van der Waals surface area contributed by atoms with E-state index in [1.165, 1.54) is 17.7 Å². The van der Waals surface area contributed by atoms with Gasteiger partial charge in [0.25, 0.3) is 0 Å². The summed E-state index contributed by atoms with van der Waals surface area (Å²) in [4.78, 5) is 3.33. The van der Waals surface area contributed by atoms with Crippen LogP contribution in [0.25, 0.3) is 0 Å². The molecule has 1 fully saturated rings. The topological polar surface area (TPSA) is 3.24 Å². The van der Waals surface area contributed by atoms with E-state index in [1.807, 2.05) is 0 Å². The van der Waals surface area contributed by atoms with Crippen molar-refractivity contribution in [3.05, 3.63) is 29.8 Å². The van der Waals surface area contributed by atoms with Gasteiger partial charge >= 0.3 is 0 Å². The van der Waals surface area contributed by atoms with Gasteiger partial charge in [0.05, 0.1) is 4.99 Å². The van der Waals surface area contributed by atoms with Crippen molar-refractivity contribution in [2.75, 3.05) is 11.4 Å². The summed E-state index contributed by atoms with van der Waals surface area (Å²) in [6, 6.07) is 8.52. The first-order valence-electron chi connectivity index (χ1n) is 4.64. The first-order chi connectivity index (χ1) is 6.27. The molecule has 1 aromatic rings. The molecule has 0 atom stereocenters. The molecule has 0 radical (unpaired) electrons. The highest BCUT2D eigenvalue weighted by Gasteiger charge is 2.17. The van der Waals surface area contributed by atoms with E-state index in [1.54, 1.807) is 0 Å². The highest BCUT2D eigenvalue weighted by molar-refractivity contribution is 7.80. The lowest BCUT2D eigenvalue weighted by Crippen LogP contribution is -2.21. The van der Waals surface area contributed by atoms with Gasteiger partial charge < -0.3 is 4.90 Å². The zero-order valence-electron chi connectivity index (χ0n) is 7.79. The molecular weight excluding hydrogens is 178 g/mol. The van der Waals surface area contributed by atoms with Crippen LogP contribution in [0.3, 0.4) is 0 Å². The van der Waals surface area contributed by atoms with E-state index in [2.05, 4.69) is 36.1 Å². The molecule has 0 bridgehead atoms. The minimum Gasteiger partial charge on any atom is -0.336 e. The maximum Gasteiger partial charge on any atom is 0.0824 e. The molecule has 1 aliphatic heterocycles. The van der Waals surface area contributed by atoms with E-state index in [9.17, 15) is 0 Å². The fraction of sp³-hybridized carbons (Fsp3) is 0.364. The lowest BCUT2D eigenvalue weighted by molar-refractivity contribution is 0.956. The van der Waals surface area contributed by atoms with E-state index in [0.717, 1.165) is 18.0 Å². The van der Waals surface area contributed by atoms with Crippen LogP contribution in [0, 0.1) is 6.92 Å². The molecule has 1 nitrogen and oxygen atoms in total. The number of anilines is 1. The van der Waals surface area contributed by atoms with Gasteiger partial charge in [-0.25, -0.2) is 0 Å². The van der Waals surface area contributed by atoms with Crippen LogP contribution in [0.4, 0.5) is 5.69 Å². The summed E-state index contributed by atoms with van der Waals surface area (Å²) in [5, 5.41) is 0. The molecule has 0 spiro atoms. The van der Waals surface area contributed by atoms with Crippen LogP contribution < -0.4 is 4.90 Å². The molecule has 0 N–H and O–H groups in total. The quantitative estimate of drug-likeness (QED) is 0.628. The average Bonchev–Trinajstić information content (AvgIpc) is 2.51. The predicted octanol–water partition coefficient (Wildman–Crippen LogP) is 2.92. The predicted molar refractivity (Wildman–Crippen MR) is 60.4 cm³/mol. The summed E-state index contributed by atoms with van der Waals surface area (Å²) in [6.07, 6.45) is 2.27. The number of aryl methyl sites for hydroxylation is 1. The molecule has 1 aliphatic rings. The average molecular weight is 191 g/mol. The monoisotopic (exact) mass is 191 g/mol.